The van der Waals surface area contributed by atoms with Crippen molar-refractivity contribution < 1.29 is 17.9 Å². The minimum Gasteiger partial charge on any atom is -0.367 e. The first-order valence-corrected chi connectivity index (χ1v) is 5.89. The maximum Gasteiger partial charge on any atom is 0.416 e. The van der Waals surface area contributed by atoms with Crippen LogP contribution in [0.4, 0.5) is 13.2 Å². The predicted molar refractivity (Wildman–Crippen MR) is 64.2 cm³/mol. The second-order valence-electron chi connectivity index (χ2n) is 4.28. The maximum atomic E-state index is 12.5. The van der Waals surface area contributed by atoms with Crippen molar-refractivity contribution in [2.75, 3.05) is 6.61 Å². The summed E-state index contributed by atoms with van der Waals surface area (Å²) >= 11 is 0. The number of benzene rings is 1. The highest BCUT2D eigenvalue weighted by molar-refractivity contribution is 5.14. The van der Waals surface area contributed by atoms with Crippen LogP contribution in [-0.2, 0) is 11.2 Å². The van der Waals surface area contributed by atoms with E-state index in [0.717, 1.165) is 5.56 Å². The lowest BCUT2D eigenvalue weighted by Gasteiger charge is -2.23. The van der Waals surface area contributed by atoms with Crippen molar-refractivity contribution in [2.24, 2.45) is 5.73 Å². The van der Waals surface area contributed by atoms with E-state index in [2.05, 4.69) is 0 Å². The van der Waals surface area contributed by atoms with E-state index < -0.39 is 18.3 Å². The predicted octanol–water partition coefficient (Wildman–Crippen LogP) is 2.91. The molecule has 2 nitrogen and oxygen atoms in total. The van der Waals surface area contributed by atoms with Gasteiger partial charge in [-0.1, -0.05) is 30.3 Å². The van der Waals surface area contributed by atoms with Crippen molar-refractivity contribution in [1.82, 2.24) is 0 Å². The van der Waals surface area contributed by atoms with Gasteiger partial charge in [-0.3, -0.25) is 0 Å². The highest BCUT2D eigenvalue weighted by Crippen LogP contribution is 2.24. The molecule has 0 spiro atoms. The second kappa shape index (κ2) is 6.75. The molecule has 2 atom stereocenters. The number of rotatable bonds is 6. The van der Waals surface area contributed by atoms with Crippen molar-refractivity contribution in [3.8, 4) is 0 Å². The van der Waals surface area contributed by atoms with Crippen LogP contribution in [0.25, 0.3) is 0 Å². The average Bonchev–Trinajstić information content (AvgIpc) is 2.27. The van der Waals surface area contributed by atoms with Crippen LogP contribution in [0, 0.1) is 0 Å². The van der Waals surface area contributed by atoms with Gasteiger partial charge in [-0.05, 0) is 25.3 Å². The van der Waals surface area contributed by atoms with Gasteiger partial charge in [0.2, 0.25) is 0 Å². The third-order valence-corrected chi connectivity index (χ3v) is 2.55. The van der Waals surface area contributed by atoms with Gasteiger partial charge in [0, 0.05) is 12.6 Å². The molecule has 1 aromatic rings. The number of ether oxygens (including phenoxy) is 1. The lowest BCUT2D eigenvalue weighted by Crippen LogP contribution is -2.45. The van der Waals surface area contributed by atoms with Crippen molar-refractivity contribution in [3.63, 3.8) is 0 Å². The highest BCUT2D eigenvalue weighted by Gasteiger charge is 2.42. The fourth-order valence-corrected chi connectivity index (χ4v) is 1.68. The Morgan fingerprint density at radius 1 is 1.22 bits per heavy atom. The summed E-state index contributed by atoms with van der Waals surface area (Å²) in [7, 11) is 0. The summed E-state index contributed by atoms with van der Waals surface area (Å²) in [6.45, 7) is 1.36. The molecule has 0 saturated heterocycles. The van der Waals surface area contributed by atoms with Crippen molar-refractivity contribution >= 4 is 0 Å². The molecule has 0 aromatic heterocycles. The van der Waals surface area contributed by atoms with Gasteiger partial charge < -0.3 is 10.5 Å². The van der Waals surface area contributed by atoms with Gasteiger partial charge >= 0.3 is 6.18 Å². The van der Waals surface area contributed by atoms with E-state index in [4.69, 9.17) is 10.5 Å². The zero-order valence-electron chi connectivity index (χ0n) is 10.3. The molecule has 0 amide bonds. The average molecular weight is 261 g/mol. The molecule has 0 radical (unpaired) electrons. The van der Waals surface area contributed by atoms with Crippen molar-refractivity contribution in [1.29, 1.82) is 0 Å². The SMILES string of the molecule is CC(N)C(OCCCc1ccccc1)C(F)(F)F. The molecule has 1 rings (SSSR count). The molecule has 0 bridgehead atoms. The van der Waals surface area contributed by atoms with Gasteiger partial charge in [0.1, 0.15) is 0 Å². The van der Waals surface area contributed by atoms with Gasteiger partial charge in [-0.2, -0.15) is 13.2 Å². The van der Waals surface area contributed by atoms with E-state index in [1.165, 1.54) is 6.92 Å². The Kier molecular flexibility index (Phi) is 5.62. The zero-order valence-corrected chi connectivity index (χ0v) is 10.3. The lowest BCUT2D eigenvalue weighted by atomic mass is 10.1. The Bertz CT molecular complexity index is 338. The normalized spacial score (nSPS) is 15.4. The van der Waals surface area contributed by atoms with Crippen LogP contribution in [0.5, 0.6) is 0 Å². The highest BCUT2D eigenvalue weighted by atomic mass is 19.4. The van der Waals surface area contributed by atoms with Gasteiger partial charge in [-0.15, -0.1) is 0 Å². The Morgan fingerprint density at radius 2 is 1.83 bits per heavy atom. The molecule has 18 heavy (non-hydrogen) atoms. The van der Waals surface area contributed by atoms with Crippen LogP contribution in [0.15, 0.2) is 30.3 Å². The molecule has 1 aromatic carbocycles. The summed E-state index contributed by atoms with van der Waals surface area (Å²) in [5.41, 5.74) is 6.36. The number of hydrogen-bond acceptors (Lipinski definition) is 2. The summed E-state index contributed by atoms with van der Waals surface area (Å²) < 4.78 is 42.4. The Hall–Kier alpha value is -1.07. The summed E-state index contributed by atoms with van der Waals surface area (Å²) in [5, 5.41) is 0. The van der Waals surface area contributed by atoms with Gasteiger partial charge in [0.15, 0.2) is 6.10 Å². The maximum absolute atomic E-state index is 12.5. The van der Waals surface area contributed by atoms with Gasteiger partial charge in [0.05, 0.1) is 0 Å². The first-order valence-electron chi connectivity index (χ1n) is 5.89. The molecule has 0 aliphatic carbocycles. The van der Waals surface area contributed by atoms with Crippen LogP contribution < -0.4 is 5.73 Å². The zero-order chi connectivity index (χ0) is 13.6. The first-order chi connectivity index (χ1) is 8.41. The second-order valence-corrected chi connectivity index (χ2v) is 4.28. The molecule has 5 heteroatoms. The van der Waals surface area contributed by atoms with Crippen LogP contribution in [0.3, 0.4) is 0 Å². The number of hydrogen-bond donors (Lipinski definition) is 1. The number of halogens is 3. The largest absolute Gasteiger partial charge is 0.416 e. The molecular formula is C13H18F3NO. The third kappa shape index (κ3) is 5.06. The molecule has 2 N–H and O–H groups in total. The minimum absolute atomic E-state index is 0.0562. The van der Waals surface area contributed by atoms with Crippen LogP contribution in [0.1, 0.15) is 18.9 Å². The summed E-state index contributed by atoms with van der Waals surface area (Å²) in [4.78, 5) is 0. The van der Waals surface area contributed by atoms with Crippen molar-refractivity contribution in [2.45, 2.75) is 38.1 Å². The van der Waals surface area contributed by atoms with Gasteiger partial charge in [-0.25, -0.2) is 0 Å². The van der Waals surface area contributed by atoms with E-state index >= 15 is 0 Å². The van der Waals surface area contributed by atoms with E-state index in [1.54, 1.807) is 0 Å². The number of nitrogens with two attached hydrogens (primary N) is 1. The molecule has 0 heterocycles. The molecular weight excluding hydrogens is 243 g/mol. The minimum atomic E-state index is -4.40. The van der Waals surface area contributed by atoms with Crippen LogP contribution in [0.2, 0.25) is 0 Å². The summed E-state index contributed by atoms with van der Waals surface area (Å²) in [6, 6.07) is 8.52. The van der Waals surface area contributed by atoms with Crippen molar-refractivity contribution in [3.05, 3.63) is 35.9 Å². The molecule has 0 saturated carbocycles. The van der Waals surface area contributed by atoms with E-state index in [1.807, 2.05) is 30.3 Å². The van der Waals surface area contributed by atoms with Gasteiger partial charge in [0.25, 0.3) is 0 Å². The molecule has 102 valence electrons. The smallest absolute Gasteiger partial charge is 0.367 e. The first kappa shape index (κ1) is 15.0. The standard InChI is InChI=1S/C13H18F3NO/c1-10(17)12(13(14,15)16)18-9-5-8-11-6-3-2-4-7-11/h2-4,6-7,10,12H,5,8-9,17H2,1H3. The summed E-state index contributed by atoms with van der Waals surface area (Å²) in [5.74, 6) is 0. The fourth-order valence-electron chi connectivity index (χ4n) is 1.68. The number of aryl methyl sites for hydroxylation is 1. The number of alkyl halides is 3. The molecule has 0 aliphatic rings. The monoisotopic (exact) mass is 261 g/mol. The fraction of sp³-hybridized carbons (Fsp3) is 0.538. The topological polar surface area (TPSA) is 35.2 Å². The molecule has 0 aliphatic heterocycles. The third-order valence-electron chi connectivity index (χ3n) is 2.55. The molecule has 2 unspecified atom stereocenters. The Labute approximate surface area is 105 Å². The Balaban J connectivity index is 2.32. The summed E-state index contributed by atoms with van der Waals surface area (Å²) in [6.07, 6.45) is -5.04. The van der Waals surface area contributed by atoms with E-state index in [9.17, 15) is 13.2 Å². The Morgan fingerprint density at radius 3 is 2.33 bits per heavy atom. The molecule has 0 fully saturated rings. The van der Waals surface area contributed by atoms with E-state index in [-0.39, 0.29) is 6.61 Å². The van der Waals surface area contributed by atoms with Crippen LogP contribution in [-0.4, -0.2) is 24.9 Å². The lowest BCUT2D eigenvalue weighted by molar-refractivity contribution is -0.225. The van der Waals surface area contributed by atoms with E-state index in [0.29, 0.717) is 12.8 Å². The van der Waals surface area contributed by atoms with Crippen LogP contribution >= 0.6 is 0 Å². The quantitative estimate of drug-likeness (QED) is 0.799.